The van der Waals surface area contributed by atoms with Crippen molar-refractivity contribution in [1.82, 2.24) is 4.90 Å². The molecule has 24 heavy (non-hydrogen) atoms. The van der Waals surface area contributed by atoms with Crippen LogP contribution in [0.15, 0.2) is 18.2 Å². The average Bonchev–Trinajstić information content (AvgIpc) is 2.60. The average molecular weight is 353 g/mol. The number of amides is 1. The Labute approximate surface area is 148 Å². The van der Waals surface area contributed by atoms with Gasteiger partial charge in [-0.1, -0.05) is 24.4 Å². The van der Waals surface area contributed by atoms with Gasteiger partial charge in [-0.05, 0) is 31.0 Å². The maximum Gasteiger partial charge on any atom is 0.225 e. The lowest BCUT2D eigenvalue weighted by atomic mass is 9.90. The summed E-state index contributed by atoms with van der Waals surface area (Å²) in [4.78, 5) is 14.7. The van der Waals surface area contributed by atoms with E-state index in [2.05, 4.69) is 10.2 Å². The fourth-order valence-corrected chi connectivity index (χ4v) is 3.86. The SMILES string of the molecule is COc1ccc(Cl)cc1NC(=O)CCN1CCO[C@@H]2CCCC[C@H]21. The molecule has 2 aliphatic rings. The molecule has 3 rings (SSSR count). The van der Waals surface area contributed by atoms with Crippen LogP contribution in [-0.2, 0) is 9.53 Å². The Morgan fingerprint density at radius 1 is 1.42 bits per heavy atom. The first-order chi connectivity index (χ1) is 11.7. The number of nitrogens with zero attached hydrogens (tertiary/aromatic N) is 1. The first-order valence-corrected chi connectivity index (χ1v) is 9.04. The Morgan fingerprint density at radius 2 is 2.25 bits per heavy atom. The van der Waals surface area contributed by atoms with Crippen molar-refractivity contribution in [2.24, 2.45) is 0 Å². The van der Waals surface area contributed by atoms with Gasteiger partial charge in [0.25, 0.3) is 0 Å². The van der Waals surface area contributed by atoms with Crippen LogP contribution < -0.4 is 10.1 Å². The van der Waals surface area contributed by atoms with Gasteiger partial charge >= 0.3 is 0 Å². The predicted octanol–water partition coefficient (Wildman–Crippen LogP) is 3.32. The van der Waals surface area contributed by atoms with E-state index in [4.69, 9.17) is 21.1 Å². The van der Waals surface area contributed by atoms with E-state index in [9.17, 15) is 4.79 Å². The second-order valence-electron chi connectivity index (χ2n) is 6.44. The second kappa shape index (κ2) is 8.19. The van der Waals surface area contributed by atoms with Gasteiger partial charge in [-0.25, -0.2) is 0 Å². The second-order valence-corrected chi connectivity index (χ2v) is 6.88. The van der Waals surface area contributed by atoms with Crippen molar-refractivity contribution in [2.45, 2.75) is 44.2 Å². The molecule has 0 aromatic heterocycles. The molecule has 0 spiro atoms. The van der Waals surface area contributed by atoms with E-state index in [1.54, 1.807) is 25.3 Å². The van der Waals surface area contributed by atoms with Crippen LogP contribution in [0.4, 0.5) is 5.69 Å². The van der Waals surface area contributed by atoms with Crippen LogP contribution in [0.5, 0.6) is 5.75 Å². The van der Waals surface area contributed by atoms with Gasteiger partial charge in [0.2, 0.25) is 5.91 Å². The van der Waals surface area contributed by atoms with Crippen molar-refractivity contribution in [2.75, 3.05) is 32.1 Å². The summed E-state index contributed by atoms with van der Waals surface area (Å²) < 4.78 is 11.2. The molecule has 0 bridgehead atoms. The summed E-state index contributed by atoms with van der Waals surface area (Å²) in [5.74, 6) is 0.598. The number of benzene rings is 1. The van der Waals surface area contributed by atoms with Gasteiger partial charge < -0.3 is 14.8 Å². The van der Waals surface area contributed by atoms with Gasteiger partial charge in [0, 0.05) is 30.6 Å². The predicted molar refractivity (Wildman–Crippen MR) is 94.8 cm³/mol. The minimum absolute atomic E-state index is 0.0191. The lowest BCUT2D eigenvalue weighted by Crippen LogP contribution is -2.53. The highest BCUT2D eigenvalue weighted by molar-refractivity contribution is 6.31. The molecule has 2 atom stereocenters. The number of carbonyl (C=O) groups is 1. The molecule has 1 aromatic rings. The Kier molecular flexibility index (Phi) is 5.98. The van der Waals surface area contributed by atoms with Crippen LogP contribution in [-0.4, -0.2) is 49.8 Å². The maximum atomic E-state index is 12.3. The van der Waals surface area contributed by atoms with Gasteiger partial charge in [-0.15, -0.1) is 0 Å². The summed E-state index contributed by atoms with van der Waals surface area (Å²) in [7, 11) is 1.58. The summed E-state index contributed by atoms with van der Waals surface area (Å²) in [6.07, 6.45) is 5.64. The van der Waals surface area contributed by atoms with Gasteiger partial charge in [-0.2, -0.15) is 0 Å². The smallest absolute Gasteiger partial charge is 0.225 e. The Hall–Kier alpha value is -1.30. The molecule has 1 aromatic carbocycles. The molecule has 1 saturated carbocycles. The normalized spacial score (nSPS) is 24.2. The number of fused-ring (bicyclic) bond motifs is 1. The van der Waals surface area contributed by atoms with E-state index in [0.29, 0.717) is 35.0 Å². The molecule has 1 amide bonds. The molecule has 2 fully saturated rings. The largest absolute Gasteiger partial charge is 0.495 e. The molecule has 0 radical (unpaired) electrons. The Bertz CT molecular complexity index is 579. The summed E-state index contributed by atoms with van der Waals surface area (Å²) in [6.45, 7) is 2.44. The number of methoxy groups -OCH3 is 1. The number of rotatable bonds is 5. The lowest BCUT2D eigenvalue weighted by molar-refractivity contribution is -0.118. The summed E-state index contributed by atoms with van der Waals surface area (Å²) in [6, 6.07) is 5.69. The molecule has 6 heteroatoms. The number of carbonyl (C=O) groups excluding carboxylic acids is 1. The molecule has 5 nitrogen and oxygen atoms in total. The van der Waals surface area contributed by atoms with E-state index in [-0.39, 0.29) is 5.91 Å². The zero-order chi connectivity index (χ0) is 16.9. The van der Waals surface area contributed by atoms with Crippen LogP contribution in [0.3, 0.4) is 0 Å². The number of hydrogen-bond donors (Lipinski definition) is 1. The van der Waals surface area contributed by atoms with Crippen molar-refractivity contribution in [3.05, 3.63) is 23.2 Å². The molecular formula is C18H25ClN2O3. The number of hydrogen-bond acceptors (Lipinski definition) is 4. The fraction of sp³-hybridized carbons (Fsp3) is 0.611. The zero-order valence-corrected chi connectivity index (χ0v) is 14.8. The molecule has 0 unspecified atom stereocenters. The van der Waals surface area contributed by atoms with Crippen LogP contribution in [0, 0.1) is 0 Å². The minimum atomic E-state index is -0.0191. The third-order valence-corrected chi connectivity index (χ3v) is 5.14. The maximum absolute atomic E-state index is 12.3. The lowest BCUT2D eigenvalue weighted by Gasteiger charge is -2.43. The van der Waals surface area contributed by atoms with Gasteiger partial charge in [-0.3, -0.25) is 9.69 Å². The minimum Gasteiger partial charge on any atom is -0.495 e. The number of halogens is 1. The van der Waals surface area contributed by atoms with Crippen molar-refractivity contribution in [1.29, 1.82) is 0 Å². The van der Waals surface area contributed by atoms with Gasteiger partial charge in [0.1, 0.15) is 5.75 Å². The highest BCUT2D eigenvalue weighted by Gasteiger charge is 2.33. The molecule has 1 aliphatic heterocycles. The van der Waals surface area contributed by atoms with Crippen molar-refractivity contribution >= 4 is 23.2 Å². The molecule has 132 valence electrons. The Morgan fingerprint density at radius 3 is 3.08 bits per heavy atom. The molecular weight excluding hydrogens is 328 g/mol. The third-order valence-electron chi connectivity index (χ3n) is 4.91. The first-order valence-electron chi connectivity index (χ1n) is 8.66. The van der Waals surface area contributed by atoms with E-state index >= 15 is 0 Å². The zero-order valence-electron chi connectivity index (χ0n) is 14.1. The Balaban J connectivity index is 1.54. The highest BCUT2D eigenvalue weighted by Crippen LogP contribution is 2.29. The van der Waals surface area contributed by atoms with Crippen molar-refractivity contribution in [3.63, 3.8) is 0 Å². The number of ether oxygens (including phenoxy) is 2. The topological polar surface area (TPSA) is 50.8 Å². The van der Waals surface area contributed by atoms with Crippen LogP contribution >= 0.6 is 11.6 Å². The number of morpholine rings is 1. The quantitative estimate of drug-likeness (QED) is 0.883. The van der Waals surface area contributed by atoms with E-state index in [1.165, 1.54) is 19.3 Å². The van der Waals surface area contributed by atoms with E-state index in [1.807, 2.05) is 0 Å². The molecule has 1 N–H and O–H groups in total. The highest BCUT2D eigenvalue weighted by atomic mass is 35.5. The third kappa shape index (κ3) is 4.21. The number of nitrogens with one attached hydrogen (secondary N) is 1. The van der Waals surface area contributed by atoms with E-state index < -0.39 is 0 Å². The number of anilines is 1. The molecule has 1 saturated heterocycles. The van der Waals surface area contributed by atoms with E-state index in [0.717, 1.165) is 26.1 Å². The van der Waals surface area contributed by atoms with Crippen LogP contribution in [0.1, 0.15) is 32.1 Å². The summed E-state index contributed by atoms with van der Waals surface area (Å²) >= 11 is 6.00. The fourth-order valence-electron chi connectivity index (χ4n) is 3.69. The summed E-state index contributed by atoms with van der Waals surface area (Å²) in [5.41, 5.74) is 0.618. The first kappa shape index (κ1) is 17.5. The molecule has 1 aliphatic carbocycles. The van der Waals surface area contributed by atoms with Crippen LogP contribution in [0.2, 0.25) is 5.02 Å². The monoisotopic (exact) mass is 352 g/mol. The summed E-state index contributed by atoms with van der Waals surface area (Å²) in [5, 5.41) is 3.48. The van der Waals surface area contributed by atoms with Crippen LogP contribution in [0.25, 0.3) is 0 Å². The molecule has 1 heterocycles. The van der Waals surface area contributed by atoms with Crippen molar-refractivity contribution < 1.29 is 14.3 Å². The van der Waals surface area contributed by atoms with Gasteiger partial charge in [0.05, 0.1) is 25.5 Å². The standard InChI is InChI=1S/C18H25ClN2O3/c1-23-16-7-6-13(19)12-14(16)20-18(22)8-9-21-10-11-24-17-5-3-2-4-15(17)21/h6-7,12,15,17H,2-5,8-11H2,1H3,(H,20,22)/t15-,17-/m1/s1. The van der Waals surface area contributed by atoms with Gasteiger partial charge in [0.15, 0.2) is 0 Å². The van der Waals surface area contributed by atoms with Crippen molar-refractivity contribution in [3.8, 4) is 5.75 Å².